The molecule has 2 amide bonds. The number of hydrogen-bond acceptors (Lipinski definition) is 4. The molecule has 1 aromatic carbocycles. The zero-order chi connectivity index (χ0) is 19.9. The van der Waals surface area contributed by atoms with E-state index in [0.29, 0.717) is 38.0 Å². The minimum Gasteiger partial charge on any atom is -0.356 e. The van der Waals surface area contributed by atoms with Crippen molar-refractivity contribution in [1.82, 2.24) is 15.2 Å². The Kier molecular flexibility index (Phi) is 7.14. The van der Waals surface area contributed by atoms with Crippen molar-refractivity contribution in [3.63, 3.8) is 0 Å². The number of halogens is 1. The molecule has 1 aliphatic heterocycles. The van der Waals surface area contributed by atoms with Crippen LogP contribution in [0.4, 0.5) is 4.39 Å². The largest absolute Gasteiger partial charge is 0.356 e. The number of likely N-dealkylation sites (tertiary alicyclic amines) is 1. The molecular formula is C21H26FN3O2S. The number of hydrogen-bond donors (Lipinski definition) is 1. The summed E-state index contributed by atoms with van der Waals surface area (Å²) >= 11 is 1.62. The first-order chi connectivity index (χ1) is 13.6. The number of thiazole rings is 1. The van der Waals surface area contributed by atoms with E-state index in [4.69, 9.17) is 4.98 Å². The zero-order valence-electron chi connectivity index (χ0n) is 16.1. The highest BCUT2D eigenvalue weighted by Crippen LogP contribution is 2.29. The normalized spacial score (nSPS) is 16.8. The molecule has 7 heteroatoms. The number of piperidine rings is 1. The third-order valence-corrected chi connectivity index (χ3v) is 6.07. The van der Waals surface area contributed by atoms with Gasteiger partial charge in [-0.05, 0) is 24.5 Å². The Morgan fingerprint density at radius 1 is 1.36 bits per heavy atom. The van der Waals surface area contributed by atoms with Gasteiger partial charge in [0.25, 0.3) is 0 Å². The second kappa shape index (κ2) is 9.78. The Balaban J connectivity index is 1.55. The lowest BCUT2D eigenvalue weighted by molar-refractivity contribution is -0.131. The first kappa shape index (κ1) is 20.5. The van der Waals surface area contributed by atoms with Crippen molar-refractivity contribution >= 4 is 23.2 Å². The van der Waals surface area contributed by atoms with Gasteiger partial charge in [0.2, 0.25) is 11.8 Å². The van der Waals surface area contributed by atoms with Gasteiger partial charge in [-0.1, -0.05) is 25.1 Å². The SMILES string of the molecule is CCC(=O)NCCc1csc([C@H]2CCCN(C(=O)Cc3ccccc3F)C2)n1. The van der Waals surface area contributed by atoms with E-state index in [1.165, 1.54) is 6.07 Å². The molecule has 1 aromatic heterocycles. The number of carbonyl (C=O) groups excluding carboxylic acids is 2. The van der Waals surface area contributed by atoms with E-state index in [0.717, 1.165) is 23.5 Å². The van der Waals surface area contributed by atoms with Crippen molar-refractivity contribution in [3.05, 3.63) is 51.7 Å². The smallest absolute Gasteiger partial charge is 0.227 e. The van der Waals surface area contributed by atoms with Crippen LogP contribution in [-0.4, -0.2) is 41.3 Å². The maximum absolute atomic E-state index is 13.8. The van der Waals surface area contributed by atoms with E-state index in [2.05, 4.69) is 5.32 Å². The van der Waals surface area contributed by atoms with E-state index in [1.54, 1.807) is 29.5 Å². The highest BCUT2D eigenvalue weighted by molar-refractivity contribution is 7.09. The molecule has 1 N–H and O–H groups in total. The lowest BCUT2D eigenvalue weighted by Gasteiger charge is -2.32. The molecule has 0 spiro atoms. The number of benzene rings is 1. The summed E-state index contributed by atoms with van der Waals surface area (Å²) in [5, 5.41) is 5.94. The summed E-state index contributed by atoms with van der Waals surface area (Å²) in [6.07, 6.45) is 3.23. The van der Waals surface area contributed by atoms with Gasteiger partial charge in [-0.25, -0.2) is 9.37 Å². The molecule has 0 saturated carbocycles. The van der Waals surface area contributed by atoms with Crippen molar-refractivity contribution in [3.8, 4) is 0 Å². The van der Waals surface area contributed by atoms with Crippen LogP contribution in [0.3, 0.4) is 0 Å². The van der Waals surface area contributed by atoms with Gasteiger partial charge in [-0.15, -0.1) is 11.3 Å². The van der Waals surface area contributed by atoms with E-state index < -0.39 is 0 Å². The molecule has 0 radical (unpaired) electrons. The van der Waals surface area contributed by atoms with Gasteiger partial charge >= 0.3 is 0 Å². The van der Waals surface area contributed by atoms with Crippen LogP contribution in [0.25, 0.3) is 0 Å². The number of nitrogens with zero attached hydrogens (tertiary/aromatic N) is 2. The predicted octanol–water partition coefficient (Wildman–Crippen LogP) is 3.30. The van der Waals surface area contributed by atoms with Crippen molar-refractivity contribution in [2.24, 2.45) is 0 Å². The molecule has 0 bridgehead atoms. The molecule has 2 aromatic rings. The summed E-state index contributed by atoms with van der Waals surface area (Å²) in [5.74, 6) is -0.0907. The third-order valence-electron chi connectivity index (χ3n) is 5.02. The maximum atomic E-state index is 13.8. The average molecular weight is 404 g/mol. The minimum atomic E-state index is -0.330. The third kappa shape index (κ3) is 5.38. The van der Waals surface area contributed by atoms with E-state index in [1.807, 2.05) is 17.2 Å². The van der Waals surface area contributed by atoms with Crippen LogP contribution in [0.2, 0.25) is 0 Å². The second-order valence-electron chi connectivity index (χ2n) is 7.08. The van der Waals surface area contributed by atoms with Crippen molar-refractivity contribution < 1.29 is 14.0 Å². The Labute approximate surface area is 169 Å². The van der Waals surface area contributed by atoms with E-state index in [-0.39, 0.29) is 30.0 Å². The molecule has 1 aliphatic rings. The van der Waals surface area contributed by atoms with E-state index >= 15 is 0 Å². The van der Waals surface area contributed by atoms with Gasteiger partial charge in [0.1, 0.15) is 5.82 Å². The molecular weight excluding hydrogens is 377 g/mol. The molecule has 3 rings (SSSR count). The molecule has 1 atom stereocenters. The fourth-order valence-electron chi connectivity index (χ4n) is 3.40. The lowest BCUT2D eigenvalue weighted by atomic mass is 9.98. The first-order valence-electron chi connectivity index (χ1n) is 9.79. The Bertz CT molecular complexity index is 823. The van der Waals surface area contributed by atoms with Crippen LogP contribution in [0.15, 0.2) is 29.6 Å². The maximum Gasteiger partial charge on any atom is 0.227 e. The molecule has 1 saturated heterocycles. The summed E-state index contributed by atoms with van der Waals surface area (Å²) in [6, 6.07) is 6.44. The quantitative estimate of drug-likeness (QED) is 0.772. The fraction of sp³-hybridized carbons (Fsp3) is 0.476. The monoisotopic (exact) mass is 403 g/mol. The molecule has 28 heavy (non-hydrogen) atoms. The first-order valence-corrected chi connectivity index (χ1v) is 10.7. The lowest BCUT2D eigenvalue weighted by Crippen LogP contribution is -2.40. The fourth-order valence-corrected chi connectivity index (χ4v) is 4.38. The molecule has 150 valence electrons. The van der Waals surface area contributed by atoms with Crippen LogP contribution in [-0.2, 0) is 22.4 Å². The van der Waals surface area contributed by atoms with Crippen LogP contribution in [0.5, 0.6) is 0 Å². The number of amides is 2. The summed E-state index contributed by atoms with van der Waals surface area (Å²) in [5.41, 5.74) is 1.42. The molecule has 5 nitrogen and oxygen atoms in total. The van der Waals surface area contributed by atoms with Gasteiger partial charge in [-0.2, -0.15) is 0 Å². The number of rotatable bonds is 7. The summed E-state index contributed by atoms with van der Waals surface area (Å²) < 4.78 is 13.8. The van der Waals surface area contributed by atoms with Crippen LogP contribution in [0.1, 0.15) is 48.4 Å². The topological polar surface area (TPSA) is 62.3 Å². The summed E-state index contributed by atoms with van der Waals surface area (Å²) in [4.78, 5) is 30.5. The second-order valence-corrected chi connectivity index (χ2v) is 7.97. The van der Waals surface area contributed by atoms with Crippen molar-refractivity contribution in [2.75, 3.05) is 19.6 Å². The van der Waals surface area contributed by atoms with Crippen molar-refractivity contribution in [2.45, 2.75) is 44.9 Å². The number of nitrogens with one attached hydrogen (secondary N) is 1. The van der Waals surface area contributed by atoms with Gasteiger partial charge in [0.15, 0.2) is 0 Å². The Morgan fingerprint density at radius 3 is 2.96 bits per heavy atom. The predicted molar refractivity (Wildman–Crippen MR) is 108 cm³/mol. The zero-order valence-corrected chi connectivity index (χ0v) is 16.9. The van der Waals surface area contributed by atoms with Crippen LogP contribution >= 0.6 is 11.3 Å². The van der Waals surface area contributed by atoms with Gasteiger partial charge in [0, 0.05) is 43.8 Å². The molecule has 0 aliphatic carbocycles. The number of carbonyl (C=O) groups is 2. The Hall–Kier alpha value is -2.28. The highest BCUT2D eigenvalue weighted by Gasteiger charge is 2.27. The van der Waals surface area contributed by atoms with Gasteiger partial charge < -0.3 is 10.2 Å². The summed E-state index contributed by atoms with van der Waals surface area (Å²) in [7, 11) is 0. The molecule has 2 heterocycles. The van der Waals surface area contributed by atoms with Gasteiger partial charge in [0.05, 0.1) is 17.1 Å². The Morgan fingerprint density at radius 2 is 2.18 bits per heavy atom. The van der Waals surface area contributed by atoms with Crippen LogP contribution < -0.4 is 5.32 Å². The molecule has 1 fully saturated rings. The number of aromatic nitrogens is 1. The summed E-state index contributed by atoms with van der Waals surface area (Å²) in [6.45, 7) is 3.77. The highest BCUT2D eigenvalue weighted by atomic mass is 32.1. The minimum absolute atomic E-state index is 0.0335. The average Bonchev–Trinajstić information content (AvgIpc) is 3.18. The van der Waals surface area contributed by atoms with Crippen LogP contribution in [0, 0.1) is 5.82 Å². The van der Waals surface area contributed by atoms with Crippen molar-refractivity contribution in [1.29, 1.82) is 0 Å². The van der Waals surface area contributed by atoms with E-state index in [9.17, 15) is 14.0 Å². The molecule has 0 unspecified atom stereocenters. The van der Waals surface area contributed by atoms with Gasteiger partial charge in [-0.3, -0.25) is 9.59 Å². The standard InChI is InChI=1S/C21H26FN3O2S/c1-2-19(26)23-10-9-17-14-28-21(24-17)16-7-5-11-25(13-16)20(27)12-15-6-3-4-8-18(15)22/h3-4,6,8,14,16H,2,5,7,9-13H2,1H3,(H,23,26)/t16-/m0/s1.